The minimum absolute atomic E-state index is 0.0935. The Morgan fingerprint density at radius 3 is 2.50 bits per heavy atom. The van der Waals surface area contributed by atoms with E-state index in [1.807, 2.05) is 67.6 Å². The van der Waals surface area contributed by atoms with Crippen LogP contribution in [0.25, 0.3) is 10.8 Å². The Hall–Kier alpha value is -3.34. The van der Waals surface area contributed by atoms with Gasteiger partial charge in [0.2, 0.25) is 0 Å². The van der Waals surface area contributed by atoms with E-state index in [9.17, 15) is 4.79 Å². The topological polar surface area (TPSA) is 59.9 Å². The van der Waals surface area contributed by atoms with Crippen molar-refractivity contribution in [2.75, 3.05) is 13.7 Å². The number of nitrogens with one attached hydrogen (secondary N) is 1. The van der Waals surface area contributed by atoms with Gasteiger partial charge in [-0.1, -0.05) is 42.0 Å². The van der Waals surface area contributed by atoms with Crippen molar-refractivity contribution in [1.29, 1.82) is 0 Å². The minimum Gasteiger partial charge on any atom is -0.496 e. The molecule has 3 aromatic rings. The van der Waals surface area contributed by atoms with Gasteiger partial charge in [0, 0.05) is 10.9 Å². The normalized spacial score (nSPS) is 10.8. The lowest BCUT2D eigenvalue weighted by atomic mass is 10.0. The lowest BCUT2D eigenvalue weighted by Gasteiger charge is -2.08. The van der Waals surface area contributed by atoms with Crippen molar-refractivity contribution in [3.63, 3.8) is 0 Å². The van der Waals surface area contributed by atoms with Gasteiger partial charge < -0.3 is 9.47 Å². The van der Waals surface area contributed by atoms with Gasteiger partial charge in [-0.3, -0.25) is 4.79 Å². The summed E-state index contributed by atoms with van der Waals surface area (Å²) in [6, 6.07) is 19.2. The molecule has 0 aliphatic heterocycles. The van der Waals surface area contributed by atoms with Gasteiger partial charge in [-0.15, -0.1) is 0 Å². The Labute approximate surface area is 152 Å². The van der Waals surface area contributed by atoms with Crippen molar-refractivity contribution < 1.29 is 14.3 Å². The Morgan fingerprint density at radius 1 is 1.04 bits per heavy atom. The van der Waals surface area contributed by atoms with Gasteiger partial charge in [-0.2, -0.15) is 5.10 Å². The quantitative estimate of drug-likeness (QED) is 0.546. The van der Waals surface area contributed by atoms with E-state index < -0.39 is 0 Å². The van der Waals surface area contributed by atoms with Crippen LogP contribution in [0.5, 0.6) is 11.5 Å². The van der Waals surface area contributed by atoms with Gasteiger partial charge in [0.05, 0.1) is 13.3 Å². The van der Waals surface area contributed by atoms with Crippen molar-refractivity contribution >= 4 is 22.9 Å². The van der Waals surface area contributed by atoms with Gasteiger partial charge in [-0.05, 0) is 36.6 Å². The summed E-state index contributed by atoms with van der Waals surface area (Å²) in [5.41, 5.74) is 4.51. The predicted molar refractivity (Wildman–Crippen MR) is 103 cm³/mol. The third kappa shape index (κ3) is 4.19. The molecule has 0 saturated heterocycles. The monoisotopic (exact) mass is 348 g/mol. The fraction of sp³-hybridized carbons (Fsp3) is 0.143. The molecule has 0 atom stereocenters. The fourth-order valence-corrected chi connectivity index (χ4v) is 2.57. The van der Waals surface area contributed by atoms with Crippen LogP contribution in [-0.4, -0.2) is 25.8 Å². The van der Waals surface area contributed by atoms with Crippen LogP contribution in [0.2, 0.25) is 0 Å². The largest absolute Gasteiger partial charge is 0.496 e. The number of fused-ring (bicyclic) bond motifs is 1. The van der Waals surface area contributed by atoms with Crippen LogP contribution in [0.1, 0.15) is 11.1 Å². The molecule has 3 aromatic carbocycles. The molecule has 0 saturated carbocycles. The molecule has 26 heavy (non-hydrogen) atoms. The van der Waals surface area contributed by atoms with Gasteiger partial charge in [0.1, 0.15) is 11.5 Å². The molecule has 0 aliphatic rings. The minimum atomic E-state index is -0.320. The van der Waals surface area contributed by atoms with Crippen molar-refractivity contribution in [2.24, 2.45) is 5.10 Å². The molecule has 132 valence electrons. The zero-order chi connectivity index (χ0) is 18.4. The lowest BCUT2D eigenvalue weighted by molar-refractivity contribution is -0.123. The first-order chi connectivity index (χ1) is 12.7. The van der Waals surface area contributed by atoms with Gasteiger partial charge in [0.15, 0.2) is 6.61 Å². The summed E-state index contributed by atoms with van der Waals surface area (Å²) >= 11 is 0. The molecule has 1 N–H and O–H groups in total. The molecular formula is C21H20N2O3. The maximum atomic E-state index is 11.9. The Balaban J connectivity index is 1.62. The standard InChI is InChI=1S/C21H20N2O3/c1-15-7-10-17(11-8-15)26-14-21(24)23-22-13-16-9-12-20(25-2)19-6-4-3-5-18(16)19/h3-13H,14H2,1-2H3,(H,23,24)/b22-13-. The number of rotatable bonds is 6. The smallest absolute Gasteiger partial charge is 0.277 e. The first-order valence-corrected chi connectivity index (χ1v) is 8.24. The van der Waals surface area contributed by atoms with E-state index in [0.717, 1.165) is 27.6 Å². The predicted octanol–water partition coefficient (Wildman–Crippen LogP) is 3.69. The highest BCUT2D eigenvalue weighted by atomic mass is 16.5. The van der Waals surface area contributed by atoms with Crippen molar-refractivity contribution in [3.8, 4) is 11.5 Å². The molecule has 3 rings (SSSR count). The number of methoxy groups -OCH3 is 1. The van der Waals surface area contributed by atoms with E-state index in [4.69, 9.17) is 9.47 Å². The summed E-state index contributed by atoms with van der Waals surface area (Å²) < 4.78 is 10.8. The Bertz CT molecular complexity index is 934. The number of hydrogen-bond donors (Lipinski definition) is 1. The number of ether oxygens (including phenoxy) is 2. The highest BCUT2D eigenvalue weighted by Crippen LogP contribution is 2.27. The summed E-state index contributed by atoms with van der Waals surface area (Å²) in [4.78, 5) is 11.9. The van der Waals surface area contributed by atoms with E-state index in [0.29, 0.717) is 5.75 Å². The molecule has 0 radical (unpaired) electrons. The zero-order valence-corrected chi connectivity index (χ0v) is 14.7. The van der Waals surface area contributed by atoms with Crippen molar-refractivity contribution in [2.45, 2.75) is 6.92 Å². The molecule has 0 spiro atoms. The number of aryl methyl sites for hydroxylation is 1. The summed E-state index contributed by atoms with van der Waals surface area (Å²) in [5.74, 6) is 1.13. The highest BCUT2D eigenvalue weighted by Gasteiger charge is 2.05. The molecule has 0 heterocycles. The van der Waals surface area contributed by atoms with E-state index in [1.165, 1.54) is 0 Å². The Morgan fingerprint density at radius 2 is 1.77 bits per heavy atom. The third-order valence-electron chi connectivity index (χ3n) is 3.92. The van der Waals surface area contributed by atoms with Crippen LogP contribution in [0.3, 0.4) is 0 Å². The van der Waals surface area contributed by atoms with Crippen LogP contribution >= 0.6 is 0 Å². The second-order valence-electron chi connectivity index (χ2n) is 5.80. The van der Waals surface area contributed by atoms with Crippen molar-refractivity contribution in [3.05, 3.63) is 71.8 Å². The van der Waals surface area contributed by atoms with Crippen LogP contribution in [0.4, 0.5) is 0 Å². The molecule has 0 bridgehead atoms. The van der Waals surface area contributed by atoms with E-state index in [2.05, 4.69) is 10.5 Å². The summed E-state index contributed by atoms with van der Waals surface area (Å²) in [6.07, 6.45) is 1.62. The molecule has 1 amide bonds. The average Bonchev–Trinajstić information content (AvgIpc) is 2.67. The molecule has 0 unspecified atom stereocenters. The number of amides is 1. The second-order valence-corrected chi connectivity index (χ2v) is 5.80. The number of carbonyl (C=O) groups excluding carboxylic acids is 1. The summed E-state index contributed by atoms with van der Waals surface area (Å²) in [5, 5.41) is 6.02. The van der Waals surface area contributed by atoms with Crippen LogP contribution < -0.4 is 14.9 Å². The fourth-order valence-electron chi connectivity index (χ4n) is 2.57. The van der Waals surface area contributed by atoms with E-state index >= 15 is 0 Å². The average molecular weight is 348 g/mol. The number of hydrazone groups is 1. The molecular weight excluding hydrogens is 328 g/mol. The maximum Gasteiger partial charge on any atom is 0.277 e. The number of benzene rings is 3. The van der Waals surface area contributed by atoms with Gasteiger partial charge in [0.25, 0.3) is 5.91 Å². The second kappa shape index (κ2) is 8.16. The lowest BCUT2D eigenvalue weighted by Crippen LogP contribution is -2.24. The first kappa shape index (κ1) is 17.5. The summed E-state index contributed by atoms with van der Waals surface area (Å²) in [6.45, 7) is 1.90. The van der Waals surface area contributed by atoms with Crippen LogP contribution in [0, 0.1) is 6.92 Å². The molecule has 5 nitrogen and oxygen atoms in total. The molecule has 0 aliphatic carbocycles. The maximum absolute atomic E-state index is 11.9. The van der Waals surface area contributed by atoms with Crippen LogP contribution in [-0.2, 0) is 4.79 Å². The Kier molecular flexibility index (Phi) is 5.49. The number of hydrogen-bond acceptors (Lipinski definition) is 4. The SMILES string of the molecule is COc1ccc(/C=N\NC(=O)COc2ccc(C)cc2)c2ccccc12. The van der Waals surface area contributed by atoms with Crippen molar-refractivity contribution in [1.82, 2.24) is 5.43 Å². The van der Waals surface area contributed by atoms with Crippen LogP contribution in [0.15, 0.2) is 65.8 Å². The molecule has 0 fully saturated rings. The van der Waals surface area contributed by atoms with Gasteiger partial charge in [-0.25, -0.2) is 5.43 Å². The summed E-state index contributed by atoms with van der Waals surface area (Å²) in [7, 11) is 1.64. The number of nitrogens with zero attached hydrogens (tertiary/aromatic N) is 1. The van der Waals surface area contributed by atoms with Gasteiger partial charge >= 0.3 is 0 Å². The molecule has 5 heteroatoms. The van der Waals surface area contributed by atoms with E-state index in [1.54, 1.807) is 13.3 Å². The first-order valence-electron chi connectivity index (χ1n) is 8.24. The molecule has 0 aromatic heterocycles. The van der Waals surface area contributed by atoms with E-state index in [-0.39, 0.29) is 12.5 Å². The highest BCUT2D eigenvalue weighted by molar-refractivity contribution is 6.02. The zero-order valence-electron chi connectivity index (χ0n) is 14.7. The number of carbonyl (C=O) groups is 1. The third-order valence-corrected chi connectivity index (χ3v) is 3.92.